The largest absolute Gasteiger partial charge is 0.416 e. The number of nitrogens with zero attached hydrogens (tertiary/aromatic N) is 2. The number of anilines is 1. The second-order valence-corrected chi connectivity index (χ2v) is 7.68. The highest BCUT2D eigenvalue weighted by atomic mass is 35.5. The summed E-state index contributed by atoms with van der Waals surface area (Å²) in [4.78, 5) is 12.4. The summed E-state index contributed by atoms with van der Waals surface area (Å²) in [6.45, 7) is 2.00. The quantitative estimate of drug-likeness (QED) is 0.290. The van der Waals surface area contributed by atoms with Crippen molar-refractivity contribution in [3.05, 3.63) is 88.9 Å². The van der Waals surface area contributed by atoms with E-state index in [0.717, 1.165) is 11.3 Å². The Kier molecular flexibility index (Phi) is 6.44. The van der Waals surface area contributed by atoms with E-state index in [9.17, 15) is 4.79 Å². The van der Waals surface area contributed by atoms with Gasteiger partial charge >= 0.3 is 0 Å². The third-order valence-electron chi connectivity index (χ3n) is 4.52. The third kappa shape index (κ3) is 5.11. The SMILES string of the molecule is Cc1ccc(NC(=S)NNC(=O)c2ccc(-c3nnc(-c4ccccc4Cl)o3)cc2)cc1. The molecule has 0 radical (unpaired) electrons. The number of amides is 1. The summed E-state index contributed by atoms with van der Waals surface area (Å²) in [5.74, 6) is 0.312. The molecule has 3 aromatic carbocycles. The molecule has 1 heterocycles. The van der Waals surface area contributed by atoms with Crippen molar-refractivity contribution in [1.29, 1.82) is 0 Å². The van der Waals surface area contributed by atoms with Crippen LogP contribution in [-0.2, 0) is 0 Å². The molecule has 0 fully saturated rings. The van der Waals surface area contributed by atoms with Gasteiger partial charge in [-0.2, -0.15) is 0 Å². The first-order valence-corrected chi connectivity index (χ1v) is 10.4. The van der Waals surface area contributed by atoms with Crippen molar-refractivity contribution in [2.75, 3.05) is 5.32 Å². The van der Waals surface area contributed by atoms with E-state index >= 15 is 0 Å². The molecule has 160 valence electrons. The van der Waals surface area contributed by atoms with Gasteiger partial charge in [0.05, 0.1) is 10.6 Å². The lowest BCUT2D eigenvalue weighted by Gasteiger charge is -2.12. The highest BCUT2D eigenvalue weighted by Gasteiger charge is 2.14. The molecule has 9 heteroatoms. The molecular formula is C23H18ClN5O2S. The Morgan fingerprint density at radius 2 is 1.59 bits per heavy atom. The van der Waals surface area contributed by atoms with Gasteiger partial charge in [0.25, 0.3) is 5.91 Å². The van der Waals surface area contributed by atoms with Crippen LogP contribution in [0.3, 0.4) is 0 Å². The Balaban J connectivity index is 1.36. The number of thiocarbonyl (C=S) groups is 1. The average Bonchev–Trinajstić information content (AvgIpc) is 3.29. The van der Waals surface area contributed by atoms with Crippen LogP contribution in [0.15, 0.2) is 77.2 Å². The monoisotopic (exact) mass is 463 g/mol. The Labute approximate surface area is 194 Å². The fraction of sp³-hybridized carbons (Fsp3) is 0.0435. The lowest BCUT2D eigenvalue weighted by molar-refractivity contribution is 0.0944. The van der Waals surface area contributed by atoms with Gasteiger partial charge in [0.1, 0.15) is 0 Å². The second kappa shape index (κ2) is 9.59. The Bertz CT molecular complexity index is 1260. The molecule has 4 rings (SSSR count). The molecule has 0 aliphatic heterocycles. The number of hydrogen-bond donors (Lipinski definition) is 3. The van der Waals surface area contributed by atoms with Gasteiger partial charge < -0.3 is 9.73 Å². The zero-order valence-corrected chi connectivity index (χ0v) is 18.5. The molecule has 0 saturated carbocycles. The van der Waals surface area contributed by atoms with Crippen LogP contribution in [0.25, 0.3) is 22.9 Å². The summed E-state index contributed by atoms with van der Waals surface area (Å²) in [5, 5.41) is 11.9. The predicted octanol–water partition coefficient (Wildman–Crippen LogP) is 5.00. The van der Waals surface area contributed by atoms with E-state index in [1.165, 1.54) is 0 Å². The van der Waals surface area contributed by atoms with Crippen LogP contribution in [0, 0.1) is 6.92 Å². The molecule has 0 aliphatic rings. The normalized spacial score (nSPS) is 10.4. The van der Waals surface area contributed by atoms with Crippen LogP contribution in [-0.4, -0.2) is 21.2 Å². The molecule has 1 amide bonds. The molecule has 0 aliphatic carbocycles. The minimum atomic E-state index is -0.341. The van der Waals surface area contributed by atoms with Crippen molar-refractivity contribution in [3.8, 4) is 22.9 Å². The molecular weight excluding hydrogens is 446 g/mol. The minimum absolute atomic E-state index is 0.275. The van der Waals surface area contributed by atoms with Crippen molar-refractivity contribution in [3.63, 3.8) is 0 Å². The van der Waals surface area contributed by atoms with Gasteiger partial charge in [-0.25, -0.2) is 0 Å². The van der Waals surface area contributed by atoms with Crippen molar-refractivity contribution < 1.29 is 9.21 Å². The summed E-state index contributed by atoms with van der Waals surface area (Å²) in [6, 6.07) is 21.7. The number of carbonyl (C=O) groups is 1. The van der Waals surface area contributed by atoms with Gasteiger partial charge in [-0.05, 0) is 67.7 Å². The van der Waals surface area contributed by atoms with E-state index in [1.54, 1.807) is 36.4 Å². The molecule has 0 atom stereocenters. The summed E-state index contributed by atoms with van der Waals surface area (Å²) in [7, 11) is 0. The number of rotatable bonds is 4. The average molecular weight is 464 g/mol. The maximum absolute atomic E-state index is 12.4. The van der Waals surface area contributed by atoms with Crippen molar-refractivity contribution in [1.82, 2.24) is 21.0 Å². The first kappa shape index (κ1) is 21.5. The Hall–Kier alpha value is -3.75. The van der Waals surface area contributed by atoms with E-state index in [0.29, 0.717) is 33.5 Å². The molecule has 0 saturated heterocycles. The minimum Gasteiger partial charge on any atom is -0.416 e. The van der Waals surface area contributed by atoms with Crippen molar-refractivity contribution in [2.45, 2.75) is 6.92 Å². The molecule has 3 N–H and O–H groups in total. The number of halogens is 1. The fourth-order valence-electron chi connectivity index (χ4n) is 2.83. The van der Waals surface area contributed by atoms with Gasteiger partial charge in [0.2, 0.25) is 11.8 Å². The number of nitrogens with one attached hydrogen (secondary N) is 3. The number of hydrogen-bond acceptors (Lipinski definition) is 5. The lowest BCUT2D eigenvalue weighted by atomic mass is 10.1. The number of benzene rings is 3. The van der Waals surface area contributed by atoms with E-state index in [4.69, 9.17) is 28.2 Å². The van der Waals surface area contributed by atoms with Crippen LogP contribution < -0.4 is 16.2 Å². The molecule has 32 heavy (non-hydrogen) atoms. The molecule has 0 bridgehead atoms. The fourth-order valence-corrected chi connectivity index (χ4v) is 3.22. The highest BCUT2D eigenvalue weighted by Crippen LogP contribution is 2.29. The van der Waals surface area contributed by atoms with Crippen LogP contribution >= 0.6 is 23.8 Å². The van der Waals surface area contributed by atoms with Crippen LogP contribution in [0.4, 0.5) is 5.69 Å². The van der Waals surface area contributed by atoms with Crippen molar-refractivity contribution >= 4 is 40.5 Å². The molecule has 4 aromatic rings. The highest BCUT2D eigenvalue weighted by molar-refractivity contribution is 7.80. The molecule has 7 nitrogen and oxygen atoms in total. The standard InChI is InChI=1S/C23H18ClN5O2S/c1-14-6-12-17(13-7-14)25-23(32)29-26-20(30)15-8-10-16(11-9-15)21-27-28-22(31-21)18-4-2-3-5-19(18)24/h2-13H,1H3,(H,26,30)(H2,25,29,32). The number of aryl methyl sites for hydroxylation is 1. The summed E-state index contributed by atoms with van der Waals surface area (Å²) in [6.07, 6.45) is 0. The van der Waals surface area contributed by atoms with Gasteiger partial charge in [-0.15, -0.1) is 10.2 Å². The summed E-state index contributed by atoms with van der Waals surface area (Å²) >= 11 is 11.4. The number of carbonyl (C=O) groups excluding carboxylic acids is 1. The molecule has 0 unspecified atom stereocenters. The number of hydrazine groups is 1. The Morgan fingerprint density at radius 1 is 0.906 bits per heavy atom. The summed E-state index contributed by atoms with van der Waals surface area (Å²) in [5.41, 5.74) is 8.98. The Morgan fingerprint density at radius 3 is 2.31 bits per heavy atom. The number of aromatic nitrogens is 2. The van der Waals surface area contributed by atoms with Crippen LogP contribution in [0.1, 0.15) is 15.9 Å². The van der Waals surface area contributed by atoms with Gasteiger partial charge in [0, 0.05) is 16.8 Å². The van der Waals surface area contributed by atoms with Gasteiger partial charge in [-0.3, -0.25) is 15.6 Å². The second-order valence-electron chi connectivity index (χ2n) is 6.87. The predicted molar refractivity (Wildman–Crippen MR) is 128 cm³/mol. The van der Waals surface area contributed by atoms with Crippen LogP contribution in [0.2, 0.25) is 5.02 Å². The van der Waals surface area contributed by atoms with E-state index in [1.807, 2.05) is 43.3 Å². The lowest BCUT2D eigenvalue weighted by Crippen LogP contribution is -2.43. The van der Waals surface area contributed by atoms with Crippen molar-refractivity contribution in [2.24, 2.45) is 0 Å². The zero-order chi connectivity index (χ0) is 22.5. The maximum atomic E-state index is 12.4. The first-order chi connectivity index (χ1) is 15.5. The molecule has 1 aromatic heterocycles. The summed E-state index contributed by atoms with van der Waals surface area (Å²) < 4.78 is 5.73. The maximum Gasteiger partial charge on any atom is 0.269 e. The topological polar surface area (TPSA) is 92.1 Å². The first-order valence-electron chi connectivity index (χ1n) is 9.62. The smallest absolute Gasteiger partial charge is 0.269 e. The zero-order valence-electron chi connectivity index (χ0n) is 16.9. The van der Waals surface area contributed by atoms with Gasteiger partial charge in [-0.1, -0.05) is 41.4 Å². The van der Waals surface area contributed by atoms with E-state index in [-0.39, 0.29) is 11.0 Å². The van der Waals surface area contributed by atoms with E-state index < -0.39 is 0 Å². The van der Waals surface area contributed by atoms with E-state index in [2.05, 4.69) is 26.4 Å². The van der Waals surface area contributed by atoms with Crippen LogP contribution in [0.5, 0.6) is 0 Å². The third-order valence-corrected chi connectivity index (χ3v) is 5.06. The van der Waals surface area contributed by atoms with Gasteiger partial charge in [0.15, 0.2) is 5.11 Å². The molecule has 0 spiro atoms.